The van der Waals surface area contributed by atoms with E-state index in [1.807, 2.05) is 26.0 Å². The van der Waals surface area contributed by atoms with Crippen LogP contribution in [0.15, 0.2) is 34.7 Å². The Labute approximate surface area is 149 Å². The van der Waals surface area contributed by atoms with Gasteiger partial charge in [-0.25, -0.2) is 4.98 Å². The predicted octanol–water partition coefficient (Wildman–Crippen LogP) is 4.86. The number of carbonyl (C=O) groups excluding carboxylic acids is 1. The molecule has 0 aliphatic heterocycles. The molecule has 0 fully saturated rings. The lowest BCUT2D eigenvalue weighted by molar-refractivity contribution is 0.101. The minimum Gasteiger partial charge on any atom is -0.441 e. The van der Waals surface area contributed by atoms with Crippen LogP contribution in [0.5, 0.6) is 0 Å². The largest absolute Gasteiger partial charge is 0.441 e. The monoisotopic (exact) mass is 363 g/mol. The Kier molecular flexibility index (Phi) is 4.39. The van der Waals surface area contributed by atoms with Crippen molar-refractivity contribution in [1.82, 2.24) is 9.55 Å². The zero-order valence-electron chi connectivity index (χ0n) is 13.4. The lowest BCUT2D eigenvalue weighted by Gasteiger charge is -2.07. The van der Waals surface area contributed by atoms with Gasteiger partial charge in [0.05, 0.1) is 10.7 Å². The first-order valence-corrected chi connectivity index (χ1v) is 7.99. The molecule has 24 heavy (non-hydrogen) atoms. The fourth-order valence-electron chi connectivity index (χ4n) is 2.28. The summed E-state index contributed by atoms with van der Waals surface area (Å²) in [6, 6.07) is 8.82. The second kappa shape index (κ2) is 6.34. The predicted molar refractivity (Wildman–Crippen MR) is 94.8 cm³/mol. The van der Waals surface area contributed by atoms with E-state index in [1.54, 1.807) is 19.2 Å². The van der Waals surface area contributed by atoms with Crippen LogP contribution < -0.4 is 5.32 Å². The summed E-state index contributed by atoms with van der Waals surface area (Å²) in [6.07, 6.45) is 0. The first kappa shape index (κ1) is 16.6. The molecule has 0 saturated carbocycles. The highest BCUT2D eigenvalue weighted by atomic mass is 35.5. The number of hydrogen-bond donors (Lipinski definition) is 1. The molecule has 3 aromatic rings. The number of oxazole rings is 1. The maximum atomic E-state index is 12.4. The van der Waals surface area contributed by atoms with E-state index in [4.69, 9.17) is 27.6 Å². The Hall–Kier alpha value is -2.24. The van der Waals surface area contributed by atoms with Crippen molar-refractivity contribution in [2.24, 2.45) is 7.05 Å². The van der Waals surface area contributed by atoms with E-state index in [9.17, 15) is 4.79 Å². The molecule has 0 aliphatic rings. The van der Waals surface area contributed by atoms with Crippen LogP contribution in [-0.2, 0) is 7.05 Å². The Morgan fingerprint density at radius 3 is 2.58 bits per heavy atom. The van der Waals surface area contributed by atoms with Gasteiger partial charge in [0, 0.05) is 18.3 Å². The van der Waals surface area contributed by atoms with Crippen molar-refractivity contribution in [2.45, 2.75) is 13.8 Å². The molecule has 1 amide bonds. The van der Waals surface area contributed by atoms with Gasteiger partial charge in [0.1, 0.15) is 16.6 Å². The third kappa shape index (κ3) is 3.05. The maximum Gasteiger partial charge on any atom is 0.272 e. The van der Waals surface area contributed by atoms with E-state index < -0.39 is 0 Å². The topological polar surface area (TPSA) is 60.1 Å². The average Bonchev–Trinajstić information content (AvgIpc) is 3.02. The normalized spacial score (nSPS) is 10.9. The Balaban J connectivity index is 1.87. The van der Waals surface area contributed by atoms with Gasteiger partial charge in [-0.2, -0.15) is 0 Å². The zero-order chi connectivity index (χ0) is 17.4. The summed E-state index contributed by atoms with van der Waals surface area (Å²) in [4.78, 5) is 16.8. The summed E-state index contributed by atoms with van der Waals surface area (Å²) in [5.41, 5.74) is 2.62. The number of halogens is 2. The molecule has 7 heteroatoms. The van der Waals surface area contributed by atoms with Gasteiger partial charge in [-0.15, -0.1) is 0 Å². The Morgan fingerprint density at radius 1 is 1.25 bits per heavy atom. The number of aromatic nitrogens is 2. The molecule has 1 aromatic carbocycles. The quantitative estimate of drug-likeness (QED) is 0.722. The summed E-state index contributed by atoms with van der Waals surface area (Å²) in [6.45, 7) is 3.75. The molecule has 0 atom stereocenters. The molecule has 124 valence electrons. The molecule has 0 saturated heterocycles. The average molecular weight is 364 g/mol. The number of aryl methyl sites for hydroxylation is 2. The number of anilines is 1. The summed E-state index contributed by atoms with van der Waals surface area (Å²) >= 11 is 11.9. The second-order valence-electron chi connectivity index (χ2n) is 5.42. The fourth-order valence-corrected chi connectivity index (χ4v) is 2.66. The lowest BCUT2D eigenvalue weighted by atomic mass is 10.2. The van der Waals surface area contributed by atoms with Gasteiger partial charge in [-0.05, 0) is 38.1 Å². The van der Waals surface area contributed by atoms with Crippen molar-refractivity contribution in [1.29, 1.82) is 0 Å². The van der Waals surface area contributed by atoms with E-state index in [0.717, 1.165) is 17.0 Å². The second-order valence-corrected chi connectivity index (χ2v) is 6.19. The zero-order valence-corrected chi connectivity index (χ0v) is 14.9. The summed E-state index contributed by atoms with van der Waals surface area (Å²) < 4.78 is 7.15. The first-order valence-electron chi connectivity index (χ1n) is 7.23. The summed E-state index contributed by atoms with van der Waals surface area (Å²) in [7, 11) is 1.68. The molecular formula is C17H15Cl2N3O2. The van der Waals surface area contributed by atoms with Crippen LogP contribution >= 0.6 is 23.2 Å². The molecule has 5 nitrogen and oxygen atoms in total. The van der Waals surface area contributed by atoms with Crippen LogP contribution in [0, 0.1) is 13.8 Å². The van der Waals surface area contributed by atoms with E-state index in [0.29, 0.717) is 27.4 Å². The third-order valence-electron chi connectivity index (χ3n) is 3.74. The van der Waals surface area contributed by atoms with Gasteiger partial charge in [0.15, 0.2) is 0 Å². The number of nitrogens with zero attached hydrogens (tertiary/aromatic N) is 2. The van der Waals surface area contributed by atoms with E-state index in [1.165, 1.54) is 10.6 Å². The standard InChI is InChI=1S/C17H15Cl2N3O2/c1-9-10(2)24-17(20-9)11-5-4-6-12(7-11)21-16(23)14-8-13(18)15(19)22(14)3/h4-8H,1-3H3,(H,21,23). The van der Waals surface area contributed by atoms with Gasteiger partial charge < -0.3 is 14.3 Å². The molecule has 0 unspecified atom stereocenters. The highest BCUT2D eigenvalue weighted by molar-refractivity contribution is 6.42. The van der Waals surface area contributed by atoms with Gasteiger partial charge in [-0.1, -0.05) is 29.3 Å². The maximum absolute atomic E-state index is 12.4. The van der Waals surface area contributed by atoms with Gasteiger partial charge in [0.25, 0.3) is 5.91 Å². The van der Waals surface area contributed by atoms with Crippen molar-refractivity contribution in [3.05, 3.63) is 57.7 Å². The van der Waals surface area contributed by atoms with Crippen molar-refractivity contribution in [3.8, 4) is 11.5 Å². The minimum absolute atomic E-state index is 0.303. The van der Waals surface area contributed by atoms with Crippen molar-refractivity contribution >= 4 is 34.8 Å². The SMILES string of the molecule is Cc1nc(-c2cccc(NC(=O)c3cc(Cl)c(Cl)n3C)c2)oc1C. The van der Waals surface area contributed by atoms with Crippen LogP contribution in [0.25, 0.3) is 11.5 Å². The molecule has 0 bridgehead atoms. The van der Waals surface area contributed by atoms with Gasteiger partial charge in [0.2, 0.25) is 5.89 Å². The number of benzene rings is 1. The van der Waals surface area contributed by atoms with Crippen molar-refractivity contribution in [2.75, 3.05) is 5.32 Å². The number of amides is 1. The minimum atomic E-state index is -0.303. The molecule has 0 radical (unpaired) electrons. The van der Waals surface area contributed by atoms with Crippen molar-refractivity contribution < 1.29 is 9.21 Å². The summed E-state index contributed by atoms with van der Waals surface area (Å²) in [5, 5.41) is 3.48. The van der Waals surface area contributed by atoms with Crippen LogP contribution in [-0.4, -0.2) is 15.5 Å². The van der Waals surface area contributed by atoms with E-state index in [-0.39, 0.29) is 5.91 Å². The molecule has 1 N–H and O–H groups in total. The van der Waals surface area contributed by atoms with Crippen LogP contribution in [0.1, 0.15) is 21.9 Å². The molecule has 2 heterocycles. The number of carbonyl (C=O) groups is 1. The number of rotatable bonds is 3. The highest BCUT2D eigenvalue weighted by Gasteiger charge is 2.16. The van der Waals surface area contributed by atoms with Gasteiger partial charge >= 0.3 is 0 Å². The fraction of sp³-hybridized carbons (Fsp3) is 0.176. The van der Waals surface area contributed by atoms with Gasteiger partial charge in [-0.3, -0.25) is 4.79 Å². The van der Waals surface area contributed by atoms with Crippen LogP contribution in [0.4, 0.5) is 5.69 Å². The first-order chi connectivity index (χ1) is 11.4. The van der Waals surface area contributed by atoms with Crippen LogP contribution in [0.2, 0.25) is 10.2 Å². The Bertz CT molecular complexity index is 909. The molecule has 2 aromatic heterocycles. The molecule has 3 rings (SSSR count). The highest BCUT2D eigenvalue weighted by Crippen LogP contribution is 2.27. The van der Waals surface area contributed by atoms with E-state index >= 15 is 0 Å². The molecule has 0 spiro atoms. The molecular weight excluding hydrogens is 349 g/mol. The molecule has 0 aliphatic carbocycles. The number of nitrogens with one attached hydrogen (secondary N) is 1. The van der Waals surface area contributed by atoms with Crippen LogP contribution in [0.3, 0.4) is 0 Å². The number of hydrogen-bond acceptors (Lipinski definition) is 3. The third-order valence-corrected chi connectivity index (χ3v) is 4.59. The lowest BCUT2D eigenvalue weighted by Crippen LogP contribution is -2.15. The van der Waals surface area contributed by atoms with E-state index in [2.05, 4.69) is 10.3 Å². The summed E-state index contributed by atoms with van der Waals surface area (Å²) in [5.74, 6) is 0.988. The Morgan fingerprint density at radius 2 is 2.00 bits per heavy atom. The van der Waals surface area contributed by atoms with Crippen molar-refractivity contribution in [3.63, 3.8) is 0 Å². The smallest absolute Gasteiger partial charge is 0.272 e.